The predicted octanol–water partition coefficient (Wildman–Crippen LogP) is 1.28. The molecule has 0 radical (unpaired) electrons. The van der Waals surface area contributed by atoms with E-state index in [1.54, 1.807) is 25.6 Å². The number of guanidine groups is 1. The largest absolute Gasteiger partial charge is 0.497 e. The summed E-state index contributed by atoms with van der Waals surface area (Å²) in [6.45, 7) is 6.72. The van der Waals surface area contributed by atoms with Gasteiger partial charge in [-0.15, -0.1) is 0 Å². The molecule has 0 spiro atoms. The number of nitrogens with zero attached hydrogens (tertiary/aromatic N) is 5. The first-order chi connectivity index (χ1) is 15.2. The van der Waals surface area contributed by atoms with Crippen LogP contribution in [0.25, 0.3) is 0 Å². The summed E-state index contributed by atoms with van der Waals surface area (Å²) >= 11 is 0. The lowest BCUT2D eigenvalue weighted by Gasteiger charge is -2.34. The summed E-state index contributed by atoms with van der Waals surface area (Å²) in [4.78, 5) is 29.8. The number of nitrogens with one attached hydrogen (secondary N) is 2. The molecule has 31 heavy (non-hydrogen) atoms. The van der Waals surface area contributed by atoms with E-state index < -0.39 is 0 Å². The van der Waals surface area contributed by atoms with E-state index in [0.717, 1.165) is 36.9 Å². The van der Waals surface area contributed by atoms with Crippen molar-refractivity contribution in [2.24, 2.45) is 4.99 Å². The summed E-state index contributed by atoms with van der Waals surface area (Å²) in [5.74, 6) is 2.40. The third-order valence-corrected chi connectivity index (χ3v) is 5.02. The smallest absolute Gasteiger partial charge is 0.225 e. The molecule has 9 heteroatoms. The molecule has 9 nitrogen and oxygen atoms in total. The minimum Gasteiger partial charge on any atom is -0.497 e. The van der Waals surface area contributed by atoms with Crippen molar-refractivity contribution in [1.82, 2.24) is 25.5 Å². The average Bonchev–Trinajstić information content (AvgIpc) is 2.83. The van der Waals surface area contributed by atoms with Gasteiger partial charge in [0.05, 0.1) is 13.7 Å². The molecule has 1 amide bonds. The van der Waals surface area contributed by atoms with Crippen molar-refractivity contribution in [3.63, 3.8) is 0 Å². The second-order valence-electron chi connectivity index (χ2n) is 7.14. The zero-order valence-corrected chi connectivity index (χ0v) is 18.3. The van der Waals surface area contributed by atoms with Crippen molar-refractivity contribution in [3.05, 3.63) is 48.3 Å². The molecule has 3 rings (SSSR count). The second kappa shape index (κ2) is 11.7. The Morgan fingerprint density at radius 1 is 1.10 bits per heavy atom. The van der Waals surface area contributed by atoms with Crippen LogP contribution in [0.5, 0.6) is 5.75 Å². The molecule has 0 bridgehead atoms. The van der Waals surface area contributed by atoms with Gasteiger partial charge in [-0.3, -0.25) is 4.79 Å². The van der Waals surface area contributed by atoms with E-state index in [4.69, 9.17) is 4.74 Å². The molecule has 2 N–H and O–H groups in total. The van der Waals surface area contributed by atoms with Crippen molar-refractivity contribution in [1.29, 1.82) is 0 Å². The zero-order chi connectivity index (χ0) is 21.9. The van der Waals surface area contributed by atoms with Crippen molar-refractivity contribution >= 4 is 17.8 Å². The Balaban J connectivity index is 1.42. The summed E-state index contributed by atoms with van der Waals surface area (Å²) in [6.07, 6.45) is 3.90. The molecule has 2 aromatic rings. The normalized spacial score (nSPS) is 14.3. The van der Waals surface area contributed by atoms with E-state index >= 15 is 0 Å². The maximum atomic E-state index is 12.6. The maximum absolute atomic E-state index is 12.6. The number of amides is 1. The van der Waals surface area contributed by atoms with E-state index in [0.29, 0.717) is 38.6 Å². The molecule has 1 aromatic heterocycles. The summed E-state index contributed by atoms with van der Waals surface area (Å²) in [5, 5.41) is 6.48. The molecule has 1 saturated heterocycles. The predicted molar refractivity (Wildman–Crippen MR) is 121 cm³/mol. The van der Waals surface area contributed by atoms with Gasteiger partial charge in [0.1, 0.15) is 5.75 Å². The van der Waals surface area contributed by atoms with Crippen molar-refractivity contribution in [2.45, 2.75) is 19.9 Å². The number of ether oxygens (including phenoxy) is 1. The first-order valence-corrected chi connectivity index (χ1v) is 10.6. The van der Waals surface area contributed by atoms with Crippen LogP contribution in [-0.4, -0.2) is 73.1 Å². The Labute approximate surface area is 183 Å². The first kappa shape index (κ1) is 22.3. The molecule has 1 aliphatic heterocycles. The van der Waals surface area contributed by atoms with Crippen molar-refractivity contribution in [2.75, 3.05) is 51.3 Å². The summed E-state index contributed by atoms with van der Waals surface area (Å²) in [7, 11) is 1.65. The monoisotopic (exact) mass is 425 g/mol. The number of methoxy groups -OCH3 is 1. The number of anilines is 1. The number of aromatic nitrogens is 2. The molecule has 2 heterocycles. The zero-order valence-electron chi connectivity index (χ0n) is 18.3. The average molecular weight is 426 g/mol. The van der Waals surface area contributed by atoms with Crippen LogP contribution in [0, 0.1) is 0 Å². The Morgan fingerprint density at radius 3 is 2.45 bits per heavy atom. The highest BCUT2D eigenvalue weighted by Gasteiger charge is 2.22. The van der Waals surface area contributed by atoms with Crippen LogP contribution in [0.2, 0.25) is 0 Å². The fourth-order valence-electron chi connectivity index (χ4n) is 3.30. The van der Waals surface area contributed by atoms with Gasteiger partial charge in [-0.2, -0.15) is 0 Å². The van der Waals surface area contributed by atoms with Gasteiger partial charge >= 0.3 is 0 Å². The Morgan fingerprint density at radius 2 is 1.81 bits per heavy atom. The number of aliphatic imine (C=N–C) groups is 1. The third-order valence-electron chi connectivity index (χ3n) is 5.02. The number of rotatable bonds is 8. The number of hydrogen-bond acceptors (Lipinski definition) is 6. The van der Waals surface area contributed by atoms with Crippen LogP contribution >= 0.6 is 0 Å². The molecular formula is C22H31N7O2. The van der Waals surface area contributed by atoms with Gasteiger partial charge in [0.25, 0.3) is 0 Å². The van der Waals surface area contributed by atoms with Gasteiger partial charge in [0, 0.05) is 58.1 Å². The number of benzene rings is 1. The van der Waals surface area contributed by atoms with E-state index in [-0.39, 0.29) is 5.91 Å². The van der Waals surface area contributed by atoms with Gasteiger partial charge in [0.15, 0.2) is 5.96 Å². The van der Waals surface area contributed by atoms with Gasteiger partial charge in [0.2, 0.25) is 11.9 Å². The van der Waals surface area contributed by atoms with Crippen molar-refractivity contribution < 1.29 is 9.53 Å². The highest BCUT2D eigenvalue weighted by atomic mass is 16.5. The fraction of sp³-hybridized carbons (Fsp3) is 0.455. The Kier molecular flexibility index (Phi) is 8.45. The van der Waals surface area contributed by atoms with Crippen LogP contribution in [0.15, 0.2) is 47.7 Å². The summed E-state index contributed by atoms with van der Waals surface area (Å²) < 4.78 is 5.18. The summed E-state index contributed by atoms with van der Waals surface area (Å²) in [5.41, 5.74) is 1.09. The Hall–Kier alpha value is -3.36. The second-order valence-corrected chi connectivity index (χ2v) is 7.14. The molecule has 1 aromatic carbocycles. The topological polar surface area (TPSA) is 95.0 Å². The van der Waals surface area contributed by atoms with Crippen LogP contribution in [-0.2, 0) is 11.3 Å². The molecular weight excluding hydrogens is 394 g/mol. The van der Waals surface area contributed by atoms with Gasteiger partial charge in [-0.05, 0) is 30.7 Å². The highest BCUT2D eigenvalue weighted by Crippen LogP contribution is 2.12. The van der Waals surface area contributed by atoms with E-state index in [1.807, 2.05) is 36.1 Å². The maximum Gasteiger partial charge on any atom is 0.225 e. The third kappa shape index (κ3) is 6.84. The number of carbonyl (C=O) groups excluding carboxylic acids is 1. The van der Waals surface area contributed by atoms with E-state index in [1.165, 1.54) is 0 Å². The minimum absolute atomic E-state index is 0.145. The molecule has 0 atom stereocenters. The minimum atomic E-state index is 0.145. The van der Waals surface area contributed by atoms with E-state index in [2.05, 4.69) is 30.5 Å². The number of carbonyl (C=O) groups is 1. The first-order valence-electron chi connectivity index (χ1n) is 10.6. The molecule has 0 saturated carbocycles. The highest BCUT2D eigenvalue weighted by molar-refractivity contribution is 5.81. The van der Waals surface area contributed by atoms with Crippen LogP contribution in [0.1, 0.15) is 18.9 Å². The quantitative estimate of drug-likeness (QED) is 0.486. The lowest BCUT2D eigenvalue weighted by atomic mass is 10.2. The lowest BCUT2D eigenvalue weighted by Crippen LogP contribution is -2.50. The van der Waals surface area contributed by atoms with Crippen LogP contribution in [0.3, 0.4) is 0 Å². The number of piperazine rings is 1. The molecule has 0 unspecified atom stereocenters. The molecule has 166 valence electrons. The van der Waals surface area contributed by atoms with Crippen molar-refractivity contribution in [3.8, 4) is 5.75 Å². The van der Waals surface area contributed by atoms with E-state index in [9.17, 15) is 4.79 Å². The molecule has 1 aliphatic rings. The SMILES string of the molecule is CCNC(=NCc1ccc(OC)cc1)NCCC(=O)N1CCN(c2ncccn2)CC1. The van der Waals surface area contributed by atoms with Gasteiger partial charge < -0.3 is 25.2 Å². The molecule has 1 fully saturated rings. The van der Waals surface area contributed by atoms with Gasteiger partial charge in [-0.25, -0.2) is 15.0 Å². The number of hydrogen-bond donors (Lipinski definition) is 2. The Bertz CT molecular complexity index is 835. The molecule has 0 aliphatic carbocycles. The standard InChI is InChI=1S/C22H31N7O2/c1-3-23-21(27-17-18-5-7-19(31-2)8-6-18)24-12-9-20(30)28-13-15-29(16-14-28)22-25-10-4-11-26-22/h4-8,10-11H,3,9,12-17H2,1-2H3,(H2,23,24,27). The van der Waals surface area contributed by atoms with Crippen LogP contribution in [0.4, 0.5) is 5.95 Å². The van der Waals surface area contributed by atoms with Gasteiger partial charge in [-0.1, -0.05) is 12.1 Å². The fourth-order valence-corrected chi connectivity index (χ4v) is 3.30. The van der Waals surface area contributed by atoms with Crippen LogP contribution < -0.4 is 20.3 Å². The lowest BCUT2D eigenvalue weighted by molar-refractivity contribution is -0.131. The summed E-state index contributed by atoms with van der Waals surface area (Å²) in [6, 6.07) is 9.64.